The molecular formula is C26H28O3. The molecule has 2 atom stereocenters. The SMILES string of the molecule is C=CC[C@H](O)C[C@@H](O)COC(c1ccccc1)(c1ccccc1)c1ccccc1. The van der Waals surface area contributed by atoms with Gasteiger partial charge in [0.25, 0.3) is 0 Å². The largest absolute Gasteiger partial charge is 0.393 e. The Balaban J connectivity index is 2.02. The van der Waals surface area contributed by atoms with E-state index in [9.17, 15) is 10.2 Å². The summed E-state index contributed by atoms with van der Waals surface area (Å²) in [4.78, 5) is 0. The number of benzene rings is 3. The van der Waals surface area contributed by atoms with Crippen molar-refractivity contribution in [3.63, 3.8) is 0 Å². The van der Waals surface area contributed by atoms with E-state index in [0.29, 0.717) is 6.42 Å². The second-order valence-corrected chi connectivity index (χ2v) is 7.16. The summed E-state index contributed by atoms with van der Waals surface area (Å²) in [6, 6.07) is 30.1. The summed E-state index contributed by atoms with van der Waals surface area (Å²) in [6.45, 7) is 3.73. The molecule has 0 spiro atoms. The molecule has 0 amide bonds. The minimum Gasteiger partial charge on any atom is -0.393 e. The first-order chi connectivity index (χ1) is 14.2. The maximum atomic E-state index is 10.5. The van der Waals surface area contributed by atoms with Gasteiger partial charge in [0.2, 0.25) is 0 Å². The van der Waals surface area contributed by atoms with E-state index in [4.69, 9.17) is 4.74 Å². The predicted molar refractivity (Wildman–Crippen MR) is 117 cm³/mol. The lowest BCUT2D eigenvalue weighted by Crippen LogP contribution is -2.36. The summed E-state index contributed by atoms with van der Waals surface area (Å²) in [5.41, 5.74) is 2.08. The fourth-order valence-electron chi connectivity index (χ4n) is 3.66. The molecule has 150 valence electrons. The molecule has 0 aliphatic rings. The molecule has 3 aromatic rings. The van der Waals surface area contributed by atoms with Crippen molar-refractivity contribution in [2.75, 3.05) is 6.61 Å². The summed E-state index contributed by atoms with van der Waals surface area (Å²) < 4.78 is 6.54. The van der Waals surface area contributed by atoms with Crippen LogP contribution in [0.3, 0.4) is 0 Å². The maximum Gasteiger partial charge on any atom is 0.143 e. The van der Waals surface area contributed by atoms with Gasteiger partial charge in [-0.05, 0) is 23.1 Å². The van der Waals surface area contributed by atoms with Gasteiger partial charge in [-0.3, -0.25) is 0 Å². The molecule has 0 radical (unpaired) electrons. The van der Waals surface area contributed by atoms with Gasteiger partial charge in [0.05, 0.1) is 18.8 Å². The molecule has 29 heavy (non-hydrogen) atoms. The fraction of sp³-hybridized carbons (Fsp3) is 0.231. The molecule has 0 bridgehead atoms. The van der Waals surface area contributed by atoms with Gasteiger partial charge in [-0.25, -0.2) is 0 Å². The lowest BCUT2D eigenvalue weighted by Gasteiger charge is -2.36. The van der Waals surface area contributed by atoms with Gasteiger partial charge < -0.3 is 14.9 Å². The van der Waals surface area contributed by atoms with Crippen LogP contribution in [0.25, 0.3) is 0 Å². The van der Waals surface area contributed by atoms with Crippen LogP contribution in [0.4, 0.5) is 0 Å². The highest BCUT2D eigenvalue weighted by atomic mass is 16.5. The normalized spacial score (nSPS) is 13.6. The molecule has 3 nitrogen and oxygen atoms in total. The van der Waals surface area contributed by atoms with Crippen LogP contribution in [-0.2, 0) is 10.3 Å². The third kappa shape index (κ3) is 5.01. The lowest BCUT2D eigenvalue weighted by atomic mass is 9.80. The Labute approximate surface area is 172 Å². The zero-order valence-corrected chi connectivity index (χ0v) is 16.5. The van der Waals surface area contributed by atoms with Crippen molar-refractivity contribution in [1.29, 1.82) is 0 Å². The number of aliphatic hydroxyl groups excluding tert-OH is 2. The number of hydrogen-bond acceptors (Lipinski definition) is 3. The molecular weight excluding hydrogens is 360 g/mol. The fourth-order valence-corrected chi connectivity index (χ4v) is 3.66. The van der Waals surface area contributed by atoms with Crippen LogP contribution in [0.5, 0.6) is 0 Å². The first-order valence-electron chi connectivity index (χ1n) is 9.94. The molecule has 3 aromatic carbocycles. The van der Waals surface area contributed by atoms with E-state index in [1.165, 1.54) is 0 Å². The molecule has 0 unspecified atom stereocenters. The zero-order valence-electron chi connectivity index (χ0n) is 16.5. The average molecular weight is 389 g/mol. The summed E-state index contributed by atoms with van der Waals surface area (Å²) in [5.74, 6) is 0. The molecule has 0 aromatic heterocycles. The summed E-state index contributed by atoms with van der Waals surface area (Å²) in [7, 11) is 0. The molecule has 0 saturated heterocycles. The molecule has 3 rings (SSSR count). The van der Waals surface area contributed by atoms with Gasteiger partial charge in [-0.1, -0.05) is 97.1 Å². The molecule has 0 heterocycles. The predicted octanol–water partition coefficient (Wildman–Crippen LogP) is 4.68. The Morgan fingerprint density at radius 3 is 1.52 bits per heavy atom. The van der Waals surface area contributed by atoms with Crippen LogP contribution >= 0.6 is 0 Å². The van der Waals surface area contributed by atoms with Crippen molar-refractivity contribution in [3.8, 4) is 0 Å². The van der Waals surface area contributed by atoms with Gasteiger partial charge in [-0.2, -0.15) is 0 Å². The van der Waals surface area contributed by atoms with Gasteiger partial charge in [0.15, 0.2) is 0 Å². The van der Waals surface area contributed by atoms with Crippen molar-refractivity contribution >= 4 is 0 Å². The number of hydrogen-bond donors (Lipinski definition) is 2. The van der Waals surface area contributed by atoms with E-state index in [2.05, 4.69) is 6.58 Å². The molecule has 0 aliphatic carbocycles. The van der Waals surface area contributed by atoms with Crippen molar-refractivity contribution in [3.05, 3.63) is 120 Å². The van der Waals surface area contributed by atoms with E-state index in [-0.39, 0.29) is 13.0 Å². The second-order valence-electron chi connectivity index (χ2n) is 7.16. The molecule has 0 aliphatic heterocycles. The average Bonchev–Trinajstić information content (AvgIpc) is 2.76. The highest BCUT2D eigenvalue weighted by Crippen LogP contribution is 2.40. The monoisotopic (exact) mass is 388 g/mol. The van der Waals surface area contributed by atoms with E-state index in [0.717, 1.165) is 16.7 Å². The molecule has 0 fully saturated rings. The van der Waals surface area contributed by atoms with E-state index in [1.54, 1.807) is 6.08 Å². The maximum absolute atomic E-state index is 10.5. The standard InChI is InChI=1S/C26H28O3/c1-2-12-24(27)19-25(28)20-29-26(21-13-6-3-7-14-21,22-15-8-4-9-16-22)23-17-10-5-11-18-23/h2-11,13-18,24-25,27-28H,1,12,19-20H2/t24-,25+/m0/s1. The van der Waals surface area contributed by atoms with Crippen LogP contribution in [0.1, 0.15) is 29.5 Å². The first kappa shape index (κ1) is 21.0. The Morgan fingerprint density at radius 1 is 0.724 bits per heavy atom. The smallest absolute Gasteiger partial charge is 0.143 e. The Bertz CT molecular complexity index is 766. The molecule has 3 heteroatoms. The highest BCUT2D eigenvalue weighted by Gasteiger charge is 2.38. The van der Waals surface area contributed by atoms with E-state index < -0.39 is 17.8 Å². The van der Waals surface area contributed by atoms with Crippen LogP contribution in [-0.4, -0.2) is 29.0 Å². The van der Waals surface area contributed by atoms with Crippen LogP contribution in [0.15, 0.2) is 104 Å². The van der Waals surface area contributed by atoms with Gasteiger partial charge in [0.1, 0.15) is 5.60 Å². The van der Waals surface area contributed by atoms with Crippen LogP contribution < -0.4 is 0 Å². The first-order valence-corrected chi connectivity index (χ1v) is 9.94. The summed E-state index contributed by atoms with van der Waals surface area (Å²) in [6.07, 6.45) is 0.908. The third-order valence-electron chi connectivity index (χ3n) is 5.02. The summed E-state index contributed by atoms with van der Waals surface area (Å²) >= 11 is 0. The van der Waals surface area contributed by atoms with E-state index >= 15 is 0 Å². The summed E-state index contributed by atoms with van der Waals surface area (Å²) in [5, 5.41) is 20.5. The molecule has 2 N–H and O–H groups in total. The van der Waals surface area contributed by atoms with Crippen LogP contribution in [0, 0.1) is 0 Å². The molecule has 0 saturated carbocycles. The minimum atomic E-state index is -0.867. The van der Waals surface area contributed by atoms with Gasteiger partial charge in [-0.15, -0.1) is 6.58 Å². The van der Waals surface area contributed by atoms with Gasteiger partial charge in [0, 0.05) is 6.42 Å². The Morgan fingerprint density at radius 2 is 1.14 bits per heavy atom. The topological polar surface area (TPSA) is 49.7 Å². The van der Waals surface area contributed by atoms with Crippen molar-refractivity contribution in [1.82, 2.24) is 0 Å². The van der Waals surface area contributed by atoms with Crippen molar-refractivity contribution in [2.45, 2.75) is 30.7 Å². The zero-order chi connectivity index (χ0) is 20.5. The van der Waals surface area contributed by atoms with Gasteiger partial charge >= 0.3 is 0 Å². The number of aliphatic hydroxyl groups is 2. The van der Waals surface area contributed by atoms with Crippen molar-refractivity contribution in [2.24, 2.45) is 0 Å². The second kappa shape index (κ2) is 10.2. The number of ether oxygens (including phenoxy) is 1. The quantitative estimate of drug-likeness (QED) is 0.392. The Hall–Kier alpha value is -2.72. The van der Waals surface area contributed by atoms with E-state index in [1.807, 2.05) is 91.0 Å². The van der Waals surface area contributed by atoms with Crippen molar-refractivity contribution < 1.29 is 14.9 Å². The third-order valence-corrected chi connectivity index (χ3v) is 5.02. The van der Waals surface area contributed by atoms with Crippen LogP contribution in [0.2, 0.25) is 0 Å². The Kier molecular flexibility index (Phi) is 7.36. The number of rotatable bonds is 10. The highest BCUT2D eigenvalue weighted by molar-refractivity contribution is 5.47. The lowest BCUT2D eigenvalue weighted by molar-refractivity contribution is -0.0503. The minimum absolute atomic E-state index is 0.0902.